The Morgan fingerprint density at radius 2 is 1.76 bits per heavy atom. The van der Waals surface area contributed by atoms with E-state index < -0.39 is 26.6 Å². The van der Waals surface area contributed by atoms with Crippen molar-refractivity contribution in [3.05, 3.63) is 23.8 Å². The standard InChI is InChI=1S/C10H14F2N2O2S/c1-6(2)5-14-17(15,16)10-8(11)3-7(13)4-9(10)12/h3-4,6,14H,5,13H2,1-2H3. The fraction of sp³-hybridized carbons (Fsp3) is 0.400. The number of hydrogen-bond donors (Lipinski definition) is 2. The molecule has 0 saturated carbocycles. The highest BCUT2D eigenvalue weighted by molar-refractivity contribution is 7.89. The summed E-state index contributed by atoms with van der Waals surface area (Å²) in [5, 5.41) is 0. The van der Waals surface area contributed by atoms with Gasteiger partial charge in [-0.05, 0) is 18.1 Å². The van der Waals surface area contributed by atoms with Crippen molar-refractivity contribution in [1.82, 2.24) is 4.72 Å². The molecule has 1 rings (SSSR count). The van der Waals surface area contributed by atoms with Crippen LogP contribution in [0.5, 0.6) is 0 Å². The minimum Gasteiger partial charge on any atom is -0.399 e. The number of sulfonamides is 1. The van der Waals surface area contributed by atoms with E-state index >= 15 is 0 Å². The molecular formula is C10H14F2N2O2S. The average Bonchev–Trinajstić information content (AvgIpc) is 2.12. The highest BCUT2D eigenvalue weighted by Gasteiger charge is 2.24. The Bertz CT molecular complexity index is 492. The summed E-state index contributed by atoms with van der Waals surface area (Å²) in [7, 11) is -4.19. The van der Waals surface area contributed by atoms with Crippen LogP contribution in [0.25, 0.3) is 0 Å². The first-order chi connectivity index (χ1) is 7.74. The lowest BCUT2D eigenvalue weighted by molar-refractivity contribution is 0.509. The van der Waals surface area contributed by atoms with Gasteiger partial charge in [-0.25, -0.2) is 21.9 Å². The van der Waals surface area contributed by atoms with Gasteiger partial charge in [-0.1, -0.05) is 13.8 Å². The fourth-order valence-electron chi connectivity index (χ4n) is 1.18. The lowest BCUT2D eigenvalue weighted by atomic mass is 10.2. The molecule has 1 aromatic carbocycles. The molecule has 0 heterocycles. The summed E-state index contributed by atoms with van der Waals surface area (Å²) >= 11 is 0. The smallest absolute Gasteiger partial charge is 0.246 e. The van der Waals surface area contributed by atoms with Crippen LogP contribution in [-0.2, 0) is 10.0 Å². The van der Waals surface area contributed by atoms with Gasteiger partial charge in [0.2, 0.25) is 10.0 Å². The van der Waals surface area contributed by atoms with Crippen LogP contribution in [0, 0.1) is 17.6 Å². The van der Waals surface area contributed by atoms with Gasteiger partial charge in [0.1, 0.15) is 11.6 Å². The average molecular weight is 264 g/mol. The zero-order valence-corrected chi connectivity index (χ0v) is 10.3. The number of anilines is 1. The second kappa shape index (κ2) is 4.97. The Labute approximate surface area is 98.9 Å². The largest absolute Gasteiger partial charge is 0.399 e. The Morgan fingerprint density at radius 1 is 1.29 bits per heavy atom. The Balaban J connectivity index is 3.16. The van der Waals surface area contributed by atoms with Crippen LogP contribution in [0.3, 0.4) is 0 Å². The summed E-state index contributed by atoms with van der Waals surface area (Å²) in [5.41, 5.74) is 5.03. The first kappa shape index (κ1) is 13.9. The van der Waals surface area contributed by atoms with Crippen molar-refractivity contribution in [2.75, 3.05) is 12.3 Å². The third-order valence-electron chi connectivity index (χ3n) is 1.97. The number of hydrogen-bond acceptors (Lipinski definition) is 3. The van der Waals surface area contributed by atoms with Crippen LogP contribution in [-0.4, -0.2) is 15.0 Å². The van der Waals surface area contributed by atoms with Crippen LogP contribution in [0.1, 0.15) is 13.8 Å². The van der Waals surface area contributed by atoms with Crippen molar-refractivity contribution in [2.24, 2.45) is 5.92 Å². The molecule has 0 fully saturated rings. The van der Waals surface area contributed by atoms with Crippen LogP contribution in [0.2, 0.25) is 0 Å². The quantitative estimate of drug-likeness (QED) is 0.809. The molecule has 0 radical (unpaired) electrons. The maximum Gasteiger partial charge on any atom is 0.246 e. The van der Waals surface area contributed by atoms with Crippen LogP contribution >= 0.6 is 0 Å². The van der Waals surface area contributed by atoms with E-state index in [1.165, 1.54) is 0 Å². The van der Waals surface area contributed by atoms with Crippen LogP contribution in [0.15, 0.2) is 17.0 Å². The third-order valence-corrected chi connectivity index (χ3v) is 3.45. The molecule has 4 nitrogen and oxygen atoms in total. The normalized spacial score (nSPS) is 12.1. The van der Waals surface area contributed by atoms with E-state index in [9.17, 15) is 17.2 Å². The number of nitrogens with one attached hydrogen (secondary N) is 1. The second-order valence-electron chi connectivity index (χ2n) is 4.06. The molecule has 0 saturated heterocycles. The summed E-state index contributed by atoms with van der Waals surface area (Å²) < 4.78 is 52.2. The molecule has 96 valence electrons. The summed E-state index contributed by atoms with van der Waals surface area (Å²) in [6, 6.07) is 1.54. The first-order valence-corrected chi connectivity index (χ1v) is 6.46. The van der Waals surface area contributed by atoms with E-state index in [1.54, 1.807) is 13.8 Å². The summed E-state index contributed by atoms with van der Waals surface area (Å²) in [6.07, 6.45) is 0. The fourth-order valence-corrected chi connectivity index (χ4v) is 2.51. The van der Waals surface area contributed by atoms with Crippen molar-refractivity contribution in [3.8, 4) is 0 Å². The zero-order valence-electron chi connectivity index (χ0n) is 9.50. The Hall–Kier alpha value is -1.21. The van der Waals surface area contributed by atoms with Gasteiger partial charge in [0.15, 0.2) is 4.90 Å². The minimum absolute atomic E-state index is 0.0321. The molecule has 0 unspecified atom stereocenters. The number of nitrogens with two attached hydrogens (primary N) is 1. The van der Waals surface area contributed by atoms with E-state index in [2.05, 4.69) is 4.72 Å². The predicted octanol–water partition coefficient (Wildman–Crippen LogP) is 1.48. The lowest BCUT2D eigenvalue weighted by Crippen LogP contribution is -2.29. The van der Waals surface area contributed by atoms with Crippen molar-refractivity contribution in [2.45, 2.75) is 18.7 Å². The van der Waals surface area contributed by atoms with Crippen molar-refractivity contribution < 1.29 is 17.2 Å². The highest BCUT2D eigenvalue weighted by atomic mass is 32.2. The van der Waals surface area contributed by atoms with E-state index in [-0.39, 0.29) is 18.2 Å². The molecular weight excluding hydrogens is 250 g/mol. The molecule has 0 aliphatic heterocycles. The molecule has 0 atom stereocenters. The van der Waals surface area contributed by atoms with Gasteiger partial charge in [-0.3, -0.25) is 0 Å². The number of halogens is 2. The maximum absolute atomic E-state index is 13.4. The monoisotopic (exact) mass is 264 g/mol. The molecule has 0 aliphatic carbocycles. The van der Waals surface area contributed by atoms with Gasteiger partial charge in [0, 0.05) is 12.2 Å². The molecule has 0 spiro atoms. The molecule has 0 aliphatic rings. The molecule has 7 heteroatoms. The Kier molecular flexibility index (Phi) is 4.05. The van der Waals surface area contributed by atoms with E-state index in [0.717, 1.165) is 12.1 Å². The number of rotatable bonds is 4. The van der Waals surface area contributed by atoms with Gasteiger partial charge < -0.3 is 5.73 Å². The maximum atomic E-state index is 13.4. The zero-order chi connectivity index (χ0) is 13.2. The molecule has 0 amide bonds. The Morgan fingerprint density at radius 3 is 2.18 bits per heavy atom. The minimum atomic E-state index is -4.19. The van der Waals surface area contributed by atoms with E-state index in [0.29, 0.717) is 0 Å². The van der Waals surface area contributed by atoms with Gasteiger partial charge in [-0.15, -0.1) is 0 Å². The van der Waals surface area contributed by atoms with E-state index in [4.69, 9.17) is 5.73 Å². The predicted molar refractivity (Wildman–Crippen MR) is 60.8 cm³/mol. The topological polar surface area (TPSA) is 72.2 Å². The molecule has 1 aromatic rings. The lowest BCUT2D eigenvalue weighted by Gasteiger charge is -2.10. The summed E-state index contributed by atoms with van der Waals surface area (Å²) in [4.78, 5) is -0.993. The molecule has 3 N–H and O–H groups in total. The van der Waals surface area contributed by atoms with E-state index in [1.807, 2.05) is 0 Å². The van der Waals surface area contributed by atoms with Crippen LogP contribution in [0.4, 0.5) is 14.5 Å². The SMILES string of the molecule is CC(C)CNS(=O)(=O)c1c(F)cc(N)cc1F. The van der Waals surface area contributed by atoms with Crippen molar-refractivity contribution in [1.29, 1.82) is 0 Å². The van der Waals surface area contributed by atoms with Gasteiger partial charge in [0.25, 0.3) is 0 Å². The number of nitrogen functional groups attached to an aromatic ring is 1. The van der Waals surface area contributed by atoms with Gasteiger partial charge >= 0.3 is 0 Å². The third kappa shape index (κ3) is 3.37. The molecule has 17 heavy (non-hydrogen) atoms. The molecule has 0 bridgehead atoms. The highest BCUT2D eigenvalue weighted by Crippen LogP contribution is 2.21. The van der Waals surface area contributed by atoms with Gasteiger partial charge in [0.05, 0.1) is 0 Å². The van der Waals surface area contributed by atoms with Crippen molar-refractivity contribution >= 4 is 15.7 Å². The molecule has 0 aromatic heterocycles. The van der Waals surface area contributed by atoms with Crippen LogP contribution < -0.4 is 10.5 Å². The summed E-state index contributed by atoms with van der Waals surface area (Å²) in [5.74, 6) is -2.36. The first-order valence-electron chi connectivity index (χ1n) is 4.98. The van der Waals surface area contributed by atoms with Crippen molar-refractivity contribution in [3.63, 3.8) is 0 Å². The number of benzene rings is 1. The van der Waals surface area contributed by atoms with Gasteiger partial charge in [-0.2, -0.15) is 0 Å². The summed E-state index contributed by atoms with van der Waals surface area (Å²) in [6.45, 7) is 3.65. The second-order valence-corrected chi connectivity index (χ2v) is 5.76.